The highest BCUT2D eigenvalue weighted by Gasteiger charge is 2.31. The zero-order valence-corrected chi connectivity index (χ0v) is 13.2. The van der Waals surface area contributed by atoms with Gasteiger partial charge in [0.2, 0.25) is 0 Å². The van der Waals surface area contributed by atoms with E-state index in [-0.39, 0.29) is 12.4 Å². The Morgan fingerprint density at radius 2 is 2.10 bits per heavy atom. The van der Waals surface area contributed by atoms with Crippen molar-refractivity contribution in [2.75, 3.05) is 13.1 Å². The molecule has 1 saturated heterocycles. The predicted octanol–water partition coefficient (Wildman–Crippen LogP) is 4.38. The van der Waals surface area contributed by atoms with Crippen molar-refractivity contribution in [3.63, 3.8) is 0 Å². The van der Waals surface area contributed by atoms with Crippen LogP contribution >= 0.6 is 12.4 Å². The molecule has 1 fully saturated rings. The Morgan fingerprint density at radius 3 is 2.90 bits per heavy atom. The fourth-order valence-corrected chi connectivity index (χ4v) is 3.81. The number of aromatic nitrogens is 1. The van der Waals surface area contributed by atoms with Gasteiger partial charge in [0.1, 0.15) is 0 Å². The molecule has 110 valence electrons. The SMILES string of the molecule is C=C1c2[nH]c3ccccc3c2CN2CCC1/C(=C\C)C2.Cl. The van der Waals surface area contributed by atoms with E-state index in [1.807, 2.05) is 0 Å². The summed E-state index contributed by atoms with van der Waals surface area (Å²) in [6.07, 6.45) is 3.49. The van der Waals surface area contributed by atoms with E-state index in [9.17, 15) is 0 Å². The Morgan fingerprint density at radius 1 is 1.29 bits per heavy atom. The highest BCUT2D eigenvalue weighted by atomic mass is 35.5. The third-order valence-electron chi connectivity index (χ3n) is 4.90. The normalized spacial score (nSPS) is 26.3. The Bertz CT molecular complexity index is 726. The molecule has 0 amide bonds. The number of H-pyrrole nitrogens is 1. The van der Waals surface area contributed by atoms with Crippen molar-refractivity contribution in [2.45, 2.75) is 19.9 Å². The summed E-state index contributed by atoms with van der Waals surface area (Å²) in [6, 6.07) is 8.62. The minimum atomic E-state index is 0. The van der Waals surface area contributed by atoms with Crippen LogP contribution in [-0.4, -0.2) is 23.0 Å². The predicted molar refractivity (Wildman–Crippen MR) is 91.7 cm³/mol. The molecule has 0 spiro atoms. The average Bonchev–Trinajstić information content (AvgIpc) is 2.83. The van der Waals surface area contributed by atoms with Gasteiger partial charge in [0.15, 0.2) is 0 Å². The molecule has 1 N–H and O–H groups in total. The van der Waals surface area contributed by atoms with E-state index in [0.717, 1.165) is 13.1 Å². The molecular formula is C18H21ClN2. The van der Waals surface area contributed by atoms with Crippen molar-refractivity contribution in [3.05, 3.63) is 53.8 Å². The number of aromatic amines is 1. The molecule has 21 heavy (non-hydrogen) atoms. The topological polar surface area (TPSA) is 19.0 Å². The van der Waals surface area contributed by atoms with Crippen LogP contribution in [0.3, 0.4) is 0 Å². The van der Waals surface area contributed by atoms with Crippen molar-refractivity contribution in [1.29, 1.82) is 0 Å². The van der Waals surface area contributed by atoms with E-state index in [0.29, 0.717) is 5.92 Å². The number of halogens is 1. The molecule has 1 aromatic heterocycles. The smallest absolute Gasteiger partial charge is 0.0469 e. The zero-order chi connectivity index (χ0) is 13.7. The van der Waals surface area contributed by atoms with Crippen molar-refractivity contribution < 1.29 is 0 Å². The maximum absolute atomic E-state index is 4.44. The fourth-order valence-electron chi connectivity index (χ4n) is 3.81. The van der Waals surface area contributed by atoms with E-state index >= 15 is 0 Å². The van der Waals surface area contributed by atoms with Crippen LogP contribution in [0.2, 0.25) is 0 Å². The van der Waals surface area contributed by atoms with Gasteiger partial charge in [0.25, 0.3) is 0 Å². The van der Waals surface area contributed by atoms with Gasteiger partial charge in [0.05, 0.1) is 0 Å². The third kappa shape index (κ3) is 2.14. The second-order valence-electron chi connectivity index (χ2n) is 5.96. The van der Waals surface area contributed by atoms with E-state index in [2.05, 4.69) is 53.7 Å². The number of nitrogens with zero attached hydrogens (tertiary/aromatic N) is 1. The van der Waals surface area contributed by atoms with E-state index in [4.69, 9.17) is 0 Å². The molecule has 1 aromatic carbocycles. The first-order valence-electron chi connectivity index (χ1n) is 7.44. The summed E-state index contributed by atoms with van der Waals surface area (Å²) in [6.45, 7) is 9.90. The molecule has 2 nitrogen and oxygen atoms in total. The van der Waals surface area contributed by atoms with Crippen molar-refractivity contribution in [2.24, 2.45) is 5.92 Å². The van der Waals surface area contributed by atoms with Crippen LogP contribution in [-0.2, 0) is 6.54 Å². The Hall–Kier alpha value is -1.51. The summed E-state index contributed by atoms with van der Waals surface area (Å²) in [5.74, 6) is 0.517. The Balaban J connectivity index is 0.00000132. The van der Waals surface area contributed by atoms with Crippen LogP contribution in [0.1, 0.15) is 24.6 Å². The number of fused-ring (bicyclic) bond motifs is 3. The molecule has 3 aliphatic heterocycles. The standard InChI is InChI=1S/C18H20N2.ClH/c1-3-13-10-20-9-8-14(13)12(2)18-16(11-20)15-6-4-5-7-17(15)19-18;/h3-7,14,19H,2,8-11H2,1H3;1H/b13-3-;. The van der Waals surface area contributed by atoms with Gasteiger partial charge in [0, 0.05) is 35.6 Å². The number of piperidine rings is 1. The number of hydrogen-bond acceptors (Lipinski definition) is 1. The lowest BCUT2D eigenvalue weighted by Crippen LogP contribution is -2.37. The fraction of sp³-hybridized carbons (Fsp3) is 0.333. The Kier molecular flexibility index (Phi) is 3.68. The summed E-state index contributed by atoms with van der Waals surface area (Å²) >= 11 is 0. The third-order valence-corrected chi connectivity index (χ3v) is 4.90. The molecule has 5 rings (SSSR count). The molecule has 2 bridgehead atoms. The first-order valence-corrected chi connectivity index (χ1v) is 7.44. The summed E-state index contributed by atoms with van der Waals surface area (Å²) in [7, 11) is 0. The molecule has 0 saturated carbocycles. The van der Waals surface area contributed by atoms with E-state index in [1.54, 1.807) is 0 Å². The number of allylic oxidation sites excluding steroid dienone is 2. The number of rotatable bonds is 0. The van der Waals surface area contributed by atoms with Gasteiger partial charge in [-0.05, 0) is 37.1 Å². The Labute approximate surface area is 131 Å². The molecule has 2 atom stereocenters. The quantitative estimate of drug-likeness (QED) is 0.715. The van der Waals surface area contributed by atoms with Crippen LogP contribution in [0.25, 0.3) is 16.5 Å². The molecular weight excluding hydrogens is 280 g/mol. The summed E-state index contributed by atoms with van der Waals surface area (Å²) in [5.41, 5.74) is 6.77. The summed E-state index contributed by atoms with van der Waals surface area (Å²) in [4.78, 5) is 6.18. The molecule has 3 aliphatic rings. The van der Waals surface area contributed by atoms with Crippen LogP contribution < -0.4 is 0 Å². The minimum absolute atomic E-state index is 0. The minimum Gasteiger partial charge on any atom is -0.355 e. The molecule has 2 aromatic rings. The second kappa shape index (κ2) is 5.36. The number of hydrogen-bond donors (Lipinski definition) is 1. The lowest BCUT2D eigenvalue weighted by atomic mass is 9.81. The highest BCUT2D eigenvalue weighted by Crippen LogP contribution is 2.40. The zero-order valence-electron chi connectivity index (χ0n) is 12.4. The van der Waals surface area contributed by atoms with Gasteiger partial charge >= 0.3 is 0 Å². The van der Waals surface area contributed by atoms with Gasteiger partial charge < -0.3 is 4.98 Å². The number of para-hydroxylation sites is 1. The van der Waals surface area contributed by atoms with Crippen LogP contribution in [0.5, 0.6) is 0 Å². The van der Waals surface area contributed by atoms with Crippen LogP contribution in [0.15, 0.2) is 42.5 Å². The largest absolute Gasteiger partial charge is 0.355 e. The first kappa shape index (κ1) is 14.4. The highest BCUT2D eigenvalue weighted by molar-refractivity contribution is 5.90. The van der Waals surface area contributed by atoms with Gasteiger partial charge in [-0.25, -0.2) is 0 Å². The van der Waals surface area contributed by atoms with E-state index < -0.39 is 0 Å². The number of benzene rings is 1. The molecule has 0 aliphatic carbocycles. The lowest BCUT2D eigenvalue weighted by Gasteiger charge is -2.38. The second-order valence-corrected chi connectivity index (χ2v) is 5.96. The van der Waals surface area contributed by atoms with Crippen molar-refractivity contribution >= 4 is 28.9 Å². The van der Waals surface area contributed by atoms with Gasteiger partial charge in [-0.2, -0.15) is 0 Å². The average molecular weight is 301 g/mol. The monoisotopic (exact) mass is 300 g/mol. The maximum atomic E-state index is 4.44. The maximum Gasteiger partial charge on any atom is 0.0469 e. The van der Waals surface area contributed by atoms with Crippen molar-refractivity contribution in [3.8, 4) is 0 Å². The van der Waals surface area contributed by atoms with Gasteiger partial charge in [-0.15, -0.1) is 12.4 Å². The molecule has 0 radical (unpaired) electrons. The lowest BCUT2D eigenvalue weighted by molar-refractivity contribution is 0.238. The molecule has 3 heteroatoms. The van der Waals surface area contributed by atoms with Crippen LogP contribution in [0.4, 0.5) is 0 Å². The molecule has 2 unspecified atom stereocenters. The summed E-state index contributed by atoms with van der Waals surface area (Å²) < 4.78 is 0. The van der Waals surface area contributed by atoms with E-state index in [1.165, 1.54) is 46.3 Å². The number of nitrogens with one attached hydrogen (secondary N) is 1. The first-order chi connectivity index (χ1) is 9.78. The van der Waals surface area contributed by atoms with Gasteiger partial charge in [-0.1, -0.05) is 36.4 Å². The molecule has 4 heterocycles. The van der Waals surface area contributed by atoms with Crippen LogP contribution in [0, 0.1) is 5.92 Å². The summed E-state index contributed by atoms with van der Waals surface area (Å²) in [5, 5.41) is 1.36. The van der Waals surface area contributed by atoms with Gasteiger partial charge in [-0.3, -0.25) is 4.90 Å². The van der Waals surface area contributed by atoms with Crippen molar-refractivity contribution in [1.82, 2.24) is 9.88 Å².